The number of hydrogen-bond donors (Lipinski definition) is 2. The van der Waals surface area contributed by atoms with E-state index in [0.717, 1.165) is 22.3 Å². The Labute approximate surface area is 85.5 Å². The number of fused-ring (bicyclic) bond motifs is 1. The van der Waals surface area contributed by atoms with Gasteiger partial charge in [-0.25, -0.2) is 4.98 Å². The van der Waals surface area contributed by atoms with Crippen LogP contribution >= 0.6 is 12.0 Å². The molecule has 4 nitrogen and oxygen atoms in total. The van der Waals surface area contributed by atoms with Gasteiger partial charge in [0.1, 0.15) is 5.75 Å². The number of methoxy groups -OCH3 is 1. The van der Waals surface area contributed by atoms with Gasteiger partial charge in [-0.1, -0.05) is 0 Å². The summed E-state index contributed by atoms with van der Waals surface area (Å²) < 4.78 is 14.0. The minimum atomic E-state index is 0.493. The molecule has 1 aromatic carbocycles. The molecule has 0 atom stereocenters. The molecule has 0 aliphatic heterocycles. The van der Waals surface area contributed by atoms with Crippen molar-refractivity contribution >= 4 is 23.1 Å². The molecule has 0 unspecified atom stereocenters. The first-order valence-corrected chi connectivity index (χ1v) is 4.87. The number of aromatic amines is 1. The Morgan fingerprint density at radius 2 is 2.29 bits per heavy atom. The van der Waals surface area contributed by atoms with Crippen LogP contribution in [0.4, 0.5) is 0 Å². The molecule has 74 valence electrons. The van der Waals surface area contributed by atoms with Crippen LogP contribution in [0.1, 0.15) is 5.56 Å². The topological polar surface area (TPSA) is 58.1 Å². The van der Waals surface area contributed by atoms with Crippen molar-refractivity contribution in [2.45, 2.75) is 12.1 Å². The molecule has 1 aromatic heterocycles. The number of aromatic nitrogens is 2. The molecule has 0 saturated carbocycles. The van der Waals surface area contributed by atoms with E-state index in [2.05, 4.69) is 9.97 Å². The van der Waals surface area contributed by atoms with E-state index < -0.39 is 0 Å². The molecule has 0 spiro atoms. The lowest BCUT2D eigenvalue weighted by Crippen LogP contribution is -1.86. The minimum absolute atomic E-state index is 0.493. The molecule has 0 fully saturated rings. The maximum atomic E-state index is 8.83. The number of imidazole rings is 1. The number of ether oxygens (including phenoxy) is 1. The van der Waals surface area contributed by atoms with Gasteiger partial charge >= 0.3 is 0 Å². The van der Waals surface area contributed by atoms with Gasteiger partial charge in [-0.2, -0.15) is 0 Å². The van der Waals surface area contributed by atoms with Gasteiger partial charge in [0, 0.05) is 6.07 Å². The zero-order valence-electron chi connectivity index (χ0n) is 7.87. The molecule has 5 heteroatoms. The van der Waals surface area contributed by atoms with Crippen LogP contribution in [-0.4, -0.2) is 21.6 Å². The molecule has 0 aliphatic rings. The first-order valence-electron chi connectivity index (χ1n) is 4.10. The summed E-state index contributed by atoms with van der Waals surface area (Å²) in [6.07, 6.45) is 0. The van der Waals surface area contributed by atoms with Crippen molar-refractivity contribution in [1.29, 1.82) is 0 Å². The molecule has 0 radical (unpaired) electrons. The molecule has 2 rings (SSSR count). The largest absolute Gasteiger partial charge is 0.496 e. The van der Waals surface area contributed by atoms with Crippen molar-refractivity contribution in [2.75, 3.05) is 7.11 Å². The van der Waals surface area contributed by atoms with Gasteiger partial charge in [-0.15, -0.1) is 0 Å². The molecule has 0 bridgehead atoms. The summed E-state index contributed by atoms with van der Waals surface area (Å²) in [4.78, 5) is 7.14. The van der Waals surface area contributed by atoms with E-state index in [9.17, 15) is 0 Å². The smallest absolute Gasteiger partial charge is 0.193 e. The Hall–Kier alpha value is -1.20. The molecule has 0 amide bonds. The summed E-state index contributed by atoms with van der Waals surface area (Å²) in [7, 11) is 1.63. The van der Waals surface area contributed by atoms with Gasteiger partial charge in [-0.05, 0) is 18.6 Å². The van der Waals surface area contributed by atoms with Crippen molar-refractivity contribution in [2.24, 2.45) is 0 Å². The van der Waals surface area contributed by atoms with Gasteiger partial charge in [0.25, 0.3) is 0 Å². The fourth-order valence-electron chi connectivity index (χ4n) is 1.39. The number of benzene rings is 1. The van der Waals surface area contributed by atoms with Crippen LogP contribution in [0, 0.1) is 6.92 Å². The van der Waals surface area contributed by atoms with Crippen molar-refractivity contribution in [3.05, 3.63) is 17.7 Å². The summed E-state index contributed by atoms with van der Waals surface area (Å²) >= 11 is 0.606. The van der Waals surface area contributed by atoms with Crippen LogP contribution in [0.5, 0.6) is 5.75 Å². The highest BCUT2D eigenvalue weighted by Crippen LogP contribution is 2.25. The Morgan fingerprint density at radius 1 is 1.50 bits per heavy atom. The highest BCUT2D eigenvalue weighted by molar-refractivity contribution is 7.93. The van der Waals surface area contributed by atoms with Crippen molar-refractivity contribution in [1.82, 2.24) is 9.97 Å². The van der Waals surface area contributed by atoms with E-state index >= 15 is 0 Å². The second-order valence-corrected chi connectivity index (χ2v) is 3.54. The number of H-pyrrole nitrogens is 1. The third kappa shape index (κ3) is 1.44. The van der Waals surface area contributed by atoms with Gasteiger partial charge < -0.3 is 14.3 Å². The Kier molecular flexibility index (Phi) is 2.35. The van der Waals surface area contributed by atoms with E-state index in [1.807, 2.05) is 19.1 Å². The summed E-state index contributed by atoms with van der Waals surface area (Å²) in [6.45, 7) is 1.96. The van der Waals surface area contributed by atoms with Crippen molar-refractivity contribution in [3.8, 4) is 5.75 Å². The third-order valence-electron chi connectivity index (χ3n) is 2.06. The second kappa shape index (κ2) is 3.51. The third-order valence-corrected chi connectivity index (χ3v) is 2.43. The quantitative estimate of drug-likeness (QED) is 0.747. The van der Waals surface area contributed by atoms with E-state index in [-0.39, 0.29) is 0 Å². The monoisotopic (exact) mass is 210 g/mol. The van der Waals surface area contributed by atoms with Crippen LogP contribution in [0.2, 0.25) is 0 Å². The fraction of sp³-hybridized carbons (Fsp3) is 0.222. The number of aryl methyl sites for hydroxylation is 1. The normalized spacial score (nSPS) is 10.8. The van der Waals surface area contributed by atoms with Crippen LogP contribution in [0.25, 0.3) is 11.0 Å². The number of rotatable bonds is 2. The van der Waals surface area contributed by atoms with E-state index in [4.69, 9.17) is 9.29 Å². The van der Waals surface area contributed by atoms with Gasteiger partial charge in [-0.3, -0.25) is 0 Å². The average molecular weight is 210 g/mol. The van der Waals surface area contributed by atoms with Crippen molar-refractivity contribution < 1.29 is 9.29 Å². The second-order valence-electron chi connectivity index (χ2n) is 2.97. The molecule has 14 heavy (non-hydrogen) atoms. The van der Waals surface area contributed by atoms with Crippen LogP contribution in [-0.2, 0) is 0 Å². The first-order chi connectivity index (χ1) is 6.74. The Balaban J connectivity index is 2.64. The average Bonchev–Trinajstić information content (AvgIpc) is 2.58. The maximum Gasteiger partial charge on any atom is 0.193 e. The van der Waals surface area contributed by atoms with Gasteiger partial charge in [0.15, 0.2) is 5.16 Å². The minimum Gasteiger partial charge on any atom is -0.496 e. The molecule has 1 heterocycles. The first kappa shape index (κ1) is 9.36. The number of nitrogens with zero attached hydrogens (tertiary/aromatic N) is 1. The summed E-state index contributed by atoms with van der Waals surface area (Å²) in [5.41, 5.74) is 2.74. The van der Waals surface area contributed by atoms with Crippen LogP contribution in [0.3, 0.4) is 0 Å². The highest BCUT2D eigenvalue weighted by atomic mass is 32.2. The van der Waals surface area contributed by atoms with E-state index in [1.165, 1.54) is 0 Å². The zero-order chi connectivity index (χ0) is 10.1. The maximum absolute atomic E-state index is 8.83. The molecule has 2 aromatic rings. The van der Waals surface area contributed by atoms with Gasteiger partial charge in [0.05, 0.1) is 30.2 Å². The summed E-state index contributed by atoms with van der Waals surface area (Å²) in [5, 5.41) is 0.493. The standard InChI is InChI=1S/C9H10N2O2S/c1-5-3-6-7(4-8(5)13-2)11-9(10-6)14-12/h3-4,12H,1-2H3,(H,10,11). The highest BCUT2D eigenvalue weighted by Gasteiger charge is 2.06. The molecular formula is C9H10N2O2S. The molecule has 0 aliphatic carbocycles. The lowest BCUT2D eigenvalue weighted by molar-refractivity contribution is 0.412. The summed E-state index contributed by atoms with van der Waals surface area (Å²) in [5.74, 6) is 0.804. The Bertz CT molecular complexity index is 467. The zero-order valence-corrected chi connectivity index (χ0v) is 8.68. The van der Waals surface area contributed by atoms with Crippen LogP contribution in [0.15, 0.2) is 17.3 Å². The Morgan fingerprint density at radius 3 is 2.93 bits per heavy atom. The summed E-state index contributed by atoms with van der Waals surface area (Å²) in [6, 6.07) is 3.79. The molecule has 0 saturated heterocycles. The predicted molar refractivity (Wildman–Crippen MR) is 55.9 cm³/mol. The molecular weight excluding hydrogens is 200 g/mol. The van der Waals surface area contributed by atoms with E-state index in [0.29, 0.717) is 17.2 Å². The lowest BCUT2D eigenvalue weighted by atomic mass is 10.2. The van der Waals surface area contributed by atoms with Gasteiger partial charge in [0.2, 0.25) is 0 Å². The lowest BCUT2D eigenvalue weighted by Gasteiger charge is -2.02. The number of nitrogens with one attached hydrogen (secondary N) is 1. The predicted octanol–water partition coefficient (Wildman–Crippen LogP) is 2.45. The fourth-order valence-corrected chi connectivity index (χ4v) is 1.68. The SMILES string of the molecule is COc1cc2nc(SO)[nH]c2cc1C. The number of hydrogen-bond acceptors (Lipinski definition) is 4. The molecule has 2 N–H and O–H groups in total. The van der Waals surface area contributed by atoms with Crippen LogP contribution < -0.4 is 4.74 Å². The van der Waals surface area contributed by atoms with Crippen molar-refractivity contribution in [3.63, 3.8) is 0 Å². The van der Waals surface area contributed by atoms with E-state index in [1.54, 1.807) is 7.11 Å².